The molecule has 0 amide bonds. The third-order valence-electron chi connectivity index (χ3n) is 7.42. The summed E-state index contributed by atoms with van der Waals surface area (Å²) in [4.78, 5) is 0. The van der Waals surface area contributed by atoms with Gasteiger partial charge in [-0.05, 0) is 44.4 Å². The zero-order valence-electron chi connectivity index (χ0n) is 18.4. The van der Waals surface area contributed by atoms with E-state index < -0.39 is 29.3 Å². The van der Waals surface area contributed by atoms with Gasteiger partial charge in [0, 0.05) is 23.0 Å². The molecule has 2 bridgehead atoms. The zero-order valence-corrected chi connectivity index (χ0v) is 18.4. The van der Waals surface area contributed by atoms with Gasteiger partial charge in [-0.1, -0.05) is 44.8 Å². The molecule has 176 valence electrons. The van der Waals surface area contributed by atoms with Crippen LogP contribution < -0.4 is 0 Å². The highest BCUT2D eigenvalue weighted by atomic mass is 19.3. The number of unbranched alkanes of at least 4 members (excludes halogenated alkanes) is 1. The maximum Gasteiger partial charge on any atom is 0.336 e. The van der Waals surface area contributed by atoms with E-state index in [1.165, 1.54) is 12.2 Å². The van der Waals surface area contributed by atoms with E-state index in [9.17, 15) is 17.6 Å². The highest BCUT2D eigenvalue weighted by molar-refractivity contribution is 5.39. The average molecular weight is 447 g/mol. The largest absolute Gasteiger partial charge is 0.336 e. The van der Waals surface area contributed by atoms with E-state index in [1.807, 2.05) is 0 Å². The lowest BCUT2D eigenvalue weighted by Gasteiger charge is -2.52. The average Bonchev–Trinajstić information content (AvgIpc) is 2.76. The minimum Gasteiger partial charge on any atom is -0.327 e. The number of alkyl halides is 4. The first-order valence-corrected chi connectivity index (χ1v) is 11.8. The lowest BCUT2D eigenvalue weighted by atomic mass is 9.76. The van der Waals surface area contributed by atoms with Gasteiger partial charge in [0.15, 0.2) is 0 Å². The third kappa shape index (κ3) is 4.34. The zero-order chi connectivity index (χ0) is 22.2. The van der Waals surface area contributed by atoms with Crippen LogP contribution in [-0.4, -0.2) is 37.6 Å². The molecule has 0 N–H and O–H groups in total. The molecule has 0 aromatic rings. The molecule has 3 nitrogen and oxygen atoms in total. The van der Waals surface area contributed by atoms with Crippen molar-refractivity contribution >= 4 is 0 Å². The number of allylic oxidation sites excluding steroid dienone is 4. The fourth-order valence-electron chi connectivity index (χ4n) is 5.49. The van der Waals surface area contributed by atoms with Crippen LogP contribution in [0.3, 0.4) is 0 Å². The Hall–Kier alpha value is -0.920. The molecule has 3 heterocycles. The molecule has 3 saturated heterocycles. The molecule has 0 atom stereocenters. The molecule has 0 unspecified atom stereocenters. The Bertz CT molecular complexity index is 685. The Balaban J connectivity index is 1.32. The first kappa shape index (κ1) is 23.2. The van der Waals surface area contributed by atoms with Crippen molar-refractivity contribution < 1.29 is 31.8 Å². The van der Waals surface area contributed by atoms with Gasteiger partial charge in [0.1, 0.15) is 0 Å². The smallest absolute Gasteiger partial charge is 0.327 e. The van der Waals surface area contributed by atoms with Gasteiger partial charge < -0.3 is 14.2 Å². The highest BCUT2D eigenvalue weighted by Gasteiger charge is 2.62. The van der Waals surface area contributed by atoms with Crippen LogP contribution in [0, 0.1) is 11.3 Å². The van der Waals surface area contributed by atoms with Crippen molar-refractivity contribution in [2.75, 3.05) is 19.8 Å². The number of hydrogen-bond acceptors (Lipinski definition) is 3. The summed E-state index contributed by atoms with van der Waals surface area (Å²) in [5.74, 6) is -9.78. The normalized spacial score (nSPS) is 35.0. The van der Waals surface area contributed by atoms with Crippen LogP contribution in [0.5, 0.6) is 0 Å². The Morgan fingerprint density at radius 1 is 0.839 bits per heavy atom. The van der Waals surface area contributed by atoms with Crippen molar-refractivity contribution in [3.63, 3.8) is 0 Å². The standard InChI is InChI=1S/C24H34F4O3/c1-2-13-21-15-29-22(30-16-21,31-17-21)14-7-6-10-19-11-12-20(18-8-4-3-5-9-18)24(27,28)23(19,25)26/h11-12,18H,2-10,13-17H2,1H3. The number of halogens is 4. The molecule has 5 rings (SSSR count). The second-order valence-electron chi connectivity index (χ2n) is 9.80. The number of rotatable bonds is 8. The van der Waals surface area contributed by atoms with Crippen molar-refractivity contribution in [3.05, 3.63) is 23.3 Å². The summed E-state index contributed by atoms with van der Waals surface area (Å²) < 4.78 is 76.6. The van der Waals surface area contributed by atoms with Gasteiger partial charge in [0.05, 0.1) is 19.8 Å². The predicted molar refractivity (Wildman–Crippen MR) is 109 cm³/mol. The number of ether oxygens (including phenoxy) is 3. The van der Waals surface area contributed by atoms with Gasteiger partial charge in [-0.3, -0.25) is 0 Å². The van der Waals surface area contributed by atoms with Crippen LogP contribution in [0.4, 0.5) is 17.6 Å². The van der Waals surface area contributed by atoms with Crippen molar-refractivity contribution in [1.29, 1.82) is 0 Å². The van der Waals surface area contributed by atoms with Crippen LogP contribution in [-0.2, 0) is 14.2 Å². The molecule has 0 spiro atoms. The molecule has 3 aliphatic heterocycles. The fraction of sp³-hybridized carbons (Fsp3) is 0.833. The summed E-state index contributed by atoms with van der Waals surface area (Å²) in [6, 6.07) is 0. The first-order valence-electron chi connectivity index (χ1n) is 11.8. The Kier molecular flexibility index (Phi) is 6.59. The van der Waals surface area contributed by atoms with Crippen LogP contribution in [0.15, 0.2) is 23.3 Å². The number of fused-ring (bicyclic) bond motifs is 3. The SMILES string of the molecule is CCCC12COC(CCCCC3=CC=C(C4CCCCC4)C(F)(F)C3(F)F)(OC1)OC2. The van der Waals surface area contributed by atoms with Crippen molar-refractivity contribution in [3.8, 4) is 0 Å². The van der Waals surface area contributed by atoms with Crippen molar-refractivity contribution in [1.82, 2.24) is 0 Å². The molecule has 2 aliphatic carbocycles. The van der Waals surface area contributed by atoms with E-state index >= 15 is 0 Å². The van der Waals surface area contributed by atoms with Crippen LogP contribution in [0.2, 0.25) is 0 Å². The number of hydrogen-bond donors (Lipinski definition) is 0. The van der Waals surface area contributed by atoms with E-state index in [1.54, 1.807) is 0 Å². The van der Waals surface area contributed by atoms with Gasteiger partial charge in [-0.15, -0.1) is 0 Å². The van der Waals surface area contributed by atoms with Crippen LogP contribution in [0.1, 0.15) is 77.6 Å². The molecule has 5 aliphatic rings. The Morgan fingerprint density at radius 2 is 1.48 bits per heavy atom. The molecule has 4 fully saturated rings. The molecule has 0 radical (unpaired) electrons. The molecule has 1 saturated carbocycles. The topological polar surface area (TPSA) is 27.7 Å². The van der Waals surface area contributed by atoms with E-state index in [-0.39, 0.29) is 17.4 Å². The van der Waals surface area contributed by atoms with Crippen molar-refractivity contribution in [2.45, 2.75) is 95.4 Å². The minimum absolute atomic E-state index is 0.0765. The predicted octanol–water partition coefficient (Wildman–Crippen LogP) is 6.78. The van der Waals surface area contributed by atoms with Gasteiger partial charge in [-0.2, -0.15) is 17.6 Å². The van der Waals surface area contributed by atoms with Gasteiger partial charge >= 0.3 is 11.8 Å². The van der Waals surface area contributed by atoms with Crippen molar-refractivity contribution in [2.24, 2.45) is 11.3 Å². The summed E-state index contributed by atoms with van der Waals surface area (Å²) in [5, 5.41) is 0. The van der Waals surface area contributed by atoms with Gasteiger partial charge in [-0.25, -0.2) is 0 Å². The van der Waals surface area contributed by atoms with E-state index in [2.05, 4.69) is 6.92 Å². The highest BCUT2D eigenvalue weighted by Crippen LogP contribution is 2.52. The maximum absolute atomic E-state index is 14.8. The maximum atomic E-state index is 14.8. The lowest BCUT2D eigenvalue weighted by Crippen LogP contribution is -2.59. The summed E-state index contributed by atoms with van der Waals surface area (Å²) >= 11 is 0. The van der Waals surface area contributed by atoms with Gasteiger partial charge in [0.2, 0.25) is 0 Å². The molecule has 0 aromatic carbocycles. The Morgan fingerprint density at radius 3 is 2.10 bits per heavy atom. The molecule has 7 heteroatoms. The Labute approximate surface area is 182 Å². The molecule has 0 aromatic heterocycles. The summed E-state index contributed by atoms with van der Waals surface area (Å²) in [5.41, 5.74) is -0.944. The molecule has 31 heavy (non-hydrogen) atoms. The van der Waals surface area contributed by atoms with E-state index in [0.29, 0.717) is 51.9 Å². The monoisotopic (exact) mass is 446 g/mol. The first-order chi connectivity index (χ1) is 14.7. The second-order valence-corrected chi connectivity index (χ2v) is 9.80. The summed E-state index contributed by atoms with van der Waals surface area (Å²) in [6.07, 6.45) is 9.47. The lowest BCUT2D eigenvalue weighted by molar-refractivity contribution is -0.470. The summed E-state index contributed by atoms with van der Waals surface area (Å²) in [7, 11) is 0. The van der Waals surface area contributed by atoms with Crippen LogP contribution in [0.25, 0.3) is 0 Å². The van der Waals surface area contributed by atoms with Crippen LogP contribution >= 0.6 is 0 Å². The molecular formula is C24H34F4O3. The quantitative estimate of drug-likeness (QED) is 0.304. The van der Waals surface area contributed by atoms with Gasteiger partial charge in [0.25, 0.3) is 5.97 Å². The second kappa shape index (κ2) is 8.79. The molecular weight excluding hydrogens is 412 g/mol. The minimum atomic E-state index is -4.13. The fourth-order valence-corrected chi connectivity index (χ4v) is 5.49. The van der Waals surface area contributed by atoms with E-state index in [0.717, 1.165) is 32.1 Å². The third-order valence-corrected chi connectivity index (χ3v) is 7.42. The summed E-state index contributed by atoms with van der Waals surface area (Å²) in [6.45, 7) is 3.83. The van der Waals surface area contributed by atoms with E-state index in [4.69, 9.17) is 14.2 Å².